The molecule has 0 unspecified atom stereocenters. The van der Waals surface area contributed by atoms with Crippen molar-refractivity contribution in [1.29, 1.82) is 0 Å². The van der Waals surface area contributed by atoms with E-state index in [0.29, 0.717) is 29.5 Å². The first kappa shape index (κ1) is 20.5. The Balaban J connectivity index is 1.55. The Hall–Kier alpha value is -3.80. The first-order chi connectivity index (χ1) is 15.0. The molecule has 0 saturated carbocycles. The first-order valence-electron chi connectivity index (χ1n) is 10.2. The van der Waals surface area contributed by atoms with Gasteiger partial charge in [0.1, 0.15) is 17.3 Å². The highest BCUT2D eigenvalue weighted by Gasteiger charge is 2.13. The summed E-state index contributed by atoms with van der Waals surface area (Å²) in [5.41, 5.74) is 3.81. The van der Waals surface area contributed by atoms with Crippen molar-refractivity contribution in [2.75, 3.05) is 19.0 Å². The number of anilines is 1. The second-order valence-electron chi connectivity index (χ2n) is 7.70. The number of imidazole rings is 1. The summed E-state index contributed by atoms with van der Waals surface area (Å²) < 4.78 is 11.1. The molecule has 0 aliphatic rings. The molecule has 0 atom stereocenters. The molecule has 6 nitrogen and oxygen atoms in total. The van der Waals surface area contributed by atoms with E-state index in [-0.39, 0.29) is 5.91 Å². The number of ether oxygens (including phenoxy) is 2. The number of benzene rings is 3. The lowest BCUT2D eigenvalue weighted by molar-refractivity contribution is 0.102. The summed E-state index contributed by atoms with van der Waals surface area (Å²) in [7, 11) is 1.58. The topological polar surface area (TPSA) is 76.2 Å². The third kappa shape index (κ3) is 4.69. The van der Waals surface area contributed by atoms with Crippen molar-refractivity contribution < 1.29 is 14.3 Å². The molecule has 1 aromatic heterocycles. The van der Waals surface area contributed by atoms with Gasteiger partial charge in [-0.2, -0.15) is 0 Å². The minimum Gasteiger partial charge on any atom is -0.495 e. The van der Waals surface area contributed by atoms with Crippen LogP contribution in [0.5, 0.6) is 11.5 Å². The molecule has 1 heterocycles. The fourth-order valence-corrected chi connectivity index (χ4v) is 3.20. The Kier molecular flexibility index (Phi) is 5.89. The molecule has 4 rings (SSSR count). The van der Waals surface area contributed by atoms with Crippen LogP contribution in [-0.4, -0.2) is 29.6 Å². The predicted octanol–water partition coefficient (Wildman–Crippen LogP) is 5.53. The van der Waals surface area contributed by atoms with Gasteiger partial charge in [-0.1, -0.05) is 26.0 Å². The van der Waals surface area contributed by atoms with Crippen LogP contribution in [-0.2, 0) is 0 Å². The molecule has 2 N–H and O–H groups in total. The van der Waals surface area contributed by atoms with Crippen LogP contribution < -0.4 is 14.8 Å². The number of aromatic amines is 1. The van der Waals surface area contributed by atoms with Gasteiger partial charge in [0.2, 0.25) is 0 Å². The molecular formula is C25H25N3O3. The fourth-order valence-electron chi connectivity index (χ4n) is 3.20. The molecule has 0 aliphatic carbocycles. The van der Waals surface area contributed by atoms with Gasteiger partial charge in [-0.15, -0.1) is 0 Å². The Bertz CT molecular complexity index is 1160. The zero-order valence-electron chi connectivity index (χ0n) is 17.8. The number of aromatic nitrogens is 2. The predicted molar refractivity (Wildman–Crippen MR) is 123 cm³/mol. The molecule has 158 valence electrons. The van der Waals surface area contributed by atoms with Crippen LogP contribution in [0.15, 0.2) is 66.7 Å². The average Bonchev–Trinajstić information content (AvgIpc) is 3.22. The van der Waals surface area contributed by atoms with E-state index in [0.717, 1.165) is 28.2 Å². The summed E-state index contributed by atoms with van der Waals surface area (Å²) in [5, 5.41) is 2.94. The van der Waals surface area contributed by atoms with Crippen LogP contribution in [0, 0.1) is 5.92 Å². The number of methoxy groups -OCH3 is 1. The number of para-hydroxylation sites is 2. The molecule has 3 aromatic carbocycles. The maximum atomic E-state index is 12.8. The van der Waals surface area contributed by atoms with Crippen molar-refractivity contribution in [2.24, 2.45) is 5.92 Å². The Labute approximate surface area is 181 Å². The van der Waals surface area contributed by atoms with Gasteiger partial charge in [-0.25, -0.2) is 4.98 Å². The standard InChI is InChI=1S/C25H25N3O3/c1-16(2)15-31-19-11-8-17(9-12-19)25(29)28-22-14-18(10-13-23(22)30-3)24-26-20-6-4-5-7-21(20)27-24/h4-14,16H,15H2,1-3H3,(H,26,27)(H,28,29). The number of rotatable bonds is 7. The number of hydrogen-bond donors (Lipinski definition) is 2. The molecule has 6 heteroatoms. The van der Waals surface area contributed by atoms with Gasteiger partial charge in [0.05, 0.1) is 30.4 Å². The zero-order valence-corrected chi connectivity index (χ0v) is 17.8. The van der Waals surface area contributed by atoms with Crippen LogP contribution in [0.4, 0.5) is 5.69 Å². The smallest absolute Gasteiger partial charge is 0.255 e. The van der Waals surface area contributed by atoms with E-state index in [4.69, 9.17) is 9.47 Å². The van der Waals surface area contributed by atoms with E-state index in [2.05, 4.69) is 29.1 Å². The van der Waals surface area contributed by atoms with Gasteiger partial charge < -0.3 is 19.8 Å². The molecule has 0 spiro atoms. The third-order valence-electron chi connectivity index (χ3n) is 4.81. The summed E-state index contributed by atoms with van der Waals surface area (Å²) in [6.07, 6.45) is 0. The Morgan fingerprint density at radius 2 is 1.84 bits per heavy atom. The normalized spacial score (nSPS) is 11.0. The van der Waals surface area contributed by atoms with Gasteiger partial charge in [0, 0.05) is 11.1 Å². The summed E-state index contributed by atoms with van der Waals surface area (Å²) >= 11 is 0. The van der Waals surface area contributed by atoms with E-state index in [9.17, 15) is 4.79 Å². The summed E-state index contributed by atoms with van der Waals surface area (Å²) in [6.45, 7) is 4.82. The lowest BCUT2D eigenvalue weighted by atomic mass is 10.1. The fraction of sp³-hybridized carbons (Fsp3) is 0.200. The van der Waals surface area contributed by atoms with E-state index >= 15 is 0 Å². The number of nitrogens with zero attached hydrogens (tertiary/aromatic N) is 1. The summed E-state index contributed by atoms with van der Waals surface area (Å²) in [4.78, 5) is 20.8. The lowest BCUT2D eigenvalue weighted by Gasteiger charge is -2.12. The van der Waals surface area contributed by atoms with Crippen LogP contribution in [0.25, 0.3) is 22.4 Å². The van der Waals surface area contributed by atoms with E-state index in [1.54, 1.807) is 31.4 Å². The van der Waals surface area contributed by atoms with Gasteiger partial charge in [-0.05, 0) is 60.5 Å². The summed E-state index contributed by atoms with van der Waals surface area (Å²) in [6, 6.07) is 20.5. The van der Waals surface area contributed by atoms with Crippen LogP contribution in [0.2, 0.25) is 0 Å². The number of H-pyrrole nitrogens is 1. The van der Waals surface area contributed by atoms with Crippen molar-refractivity contribution in [3.63, 3.8) is 0 Å². The minimum atomic E-state index is -0.226. The molecule has 1 amide bonds. The van der Waals surface area contributed by atoms with Crippen molar-refractivity contribution in [3.8, 4) is 22.9 Å². The van der Waals surface area contributed by atoms with Gasteiger partial charge in [0.25, 0.3) is 5.91 Å². The second-order valence-corrected chi connectivity index (χ2v) is 7.70. The van der Waals surface area contributed by atoms with Crippen LogP contribution in [0.1, 0.15) is 24.2 Å². The highest BCUT2D eigenvalue weighted by molar-refractivity contribution is 6.05. The number of carbonyl (C=O) groups is 1. The monoisotopic (exact) mass is 415 g/mol. The first-order valence-corrected chi connectivity index (χ1v) is 10.2. The second kappa shape index (κ2) is 8.92. The minimum absolute atomic E-state index is 0.226. The zero-order chi connectivity index (χ0) is 21.8. The molecule has 0 fully saturated rings. The van der Waals surface area contributed by atoms with E-state index in [1.807, 2.05) is 42.5 Å². The highest BCUT2D eigenvalue weighted by Crippen LogP contribution is 2.31. The average molecular weight is 415 g/mol. The quantitative estimate of drug-likeness (QED) is 0.416. The molecule has 0 saturated heterocycles. The van der Waals surface area contributed by atoms with Crippen molar-refractivity contribution >= 4 is 22.6 Å². The van der Waals surface area contributed by atoms with Gasteiger partial charge in [-0.3, -0.25) is 4.79 Å². The molecule has 0 aliphatic heterocycles. The summed E-state index contributed by atoms with van der Waals surface area (Å²) in [5.74, 6) is 2.26. The maximum absolute atomic E-state index is 12.8. The van der Waals surface area contributed by atoms with E-state index in [1.165, 1.54) is 0 Å². The van der Waals surface area contributed by atoms with E-state index < -0.39 is 0 Å². The number of fused-ring (bicyclic) bond motifs is 1. The van der Waals surface area contributed by atoms with Gasteiger partial charge >= 0.3 is 0 Å². The van der Waals surface area contributed by atoms with Crippen molar-refractivity contribution in [3.05, 3.63) is 72.3 Å². The van der Waals surface area contributed by atoms with Crippen LogP contribution in [0.3, 0.4) is 0 Å². The van der Waals surface area contributed by atoms with Crippen molar-refractivity contribution in [1.82, 2.24) is 9.97 Å². The molecular weight excluding hydrogens is 390 g/mol. The van der Waals surface area contributed by atoms with Crippen LogP contribution >= 0.6 is 0 Å². The molecule has 0 radical (unpaired) electrons. The number of amides is 1. The largest absolute Gasteiger partial charge is 0.495 e. The number of carbonyl (C=O) groups excluding carboxylic acids is 1. The Morgan fingerprint density at radius 1 is 1.06 bits per heavy atom. The highest BCUT2D eigenvalue weighted by atomic mass is 16.5. The SMILES string of the molecule is COc1ccc(-c2nc3ccccc3[nH]2)cc1NC(=O)c1ccc(OCC(C)C)cc1. The van der Waals surface area contributed by atoms with Crippen molar-refractivity contribution in [2.45, 2.75) is 13.8 Å². The molecule has 4 aromatic rings. The number of hydrogen-bond acceptors (Lipinski definition) is 4. The Morgan fingerprint density at radius 3 is 2.55 bits per heavy atom. The molecule has 0 bridgehead atoms. The number of nitrogens with one attached hydrogen (secondary N) is 2. The lowest BCUT2D eigenvalue weighted by Crippen LogP contribution is -2.13. The molecule has 31 heavy (non-hydrogen) atoms. The van der Waals surface area contributed by atoms with Gasteiger partial charge in [0.15, 0.2) is 0 Å². The third-order valence-corrected chi connectivity index (χ3v) is 4.81. The maximum Gasteiger partial charge on any atom is 0.255 e.